The van der Waals surface area contributed by atoms with E-state index in [2.05, 4.69) is 15.9 Å². The van der Waals surface area contributed by atoms with Crippen molar-refractivity contribution in [3.63, 3.8) is 0 Å². The minimum absolute atomic E-state index is 0.0936. The van der Waals surface area contributed by atoms with Crippen LogP contribution in [0.1, 0.15) is 25.3 Å². The van der Waals surface area contributed by atoms with Crippen molar-refractivity contribution >= 4 is 27.5 Å². The summed E-state index contributed by atoms with van der Waals surface area (Å²) in [6, 6.07) is 3.23. The van der Waals surface area contributed by atoms with Gasteiger partial charge in [-0.3, -0.25) is 4.79 Å². The second kappa shape index (κ2) is 4.53. The number of carbonyl (C=O) groups excluding carboxylic acids is 1. The molecular weight excluding hydrogens is 273 g/mol. The zero-order valence-corrected chi connectivity index (χ0v) is 10.7. The molecule has 2 rings (SSSR count). The highest BCUT2D eigenvalue weighted by Gasteiger charge is 2.24. The van der Waals surface area contributed by atoms with E-state index >= 15 is 0 Å². The Morgan fingerprint density at radius 2 is 2.19 bits per heavy atom. The maximum Gasteiger partial charge on any atom is 0.227 e. The van der Waals surface area contributed by atoms with Gasteiger partial charge in [0.2, 0.25) is 5.91 Å². The zero-order chi connectivity index (χ0) is 11.7. The fraction of sp³-hybridized carbons (Fsp3) is 0.417. The molecule has 1 heterocycles. The van der Waals surface area contributed by atoms with E-state index in [1.54, 1.807) is 11.0 Å². The zero-order valence-electron chi connectivity index (χ0n) is 9.09. The third-order valence-electron chi connectivity index (χ3n) is 2.77. The summed E-state index contributed by atoms with van der Waals surface area (Å²) in [4.78, 5) is 13.4. The number of rotatable bonds is 2. The predicted molar refractivity (Wildman–Crippen MR) is 65.1 cm³/mol. The molecule has 2 nitrogen and oxygen atoms in total. The largest absolute Gasteiger partial charge is 0.312 e. The Balaban J connectivity index is 2.46. The Labute approximate surface area is 103 Å². The second-order valence-electron chi connectivity index (χ2n) is 3.94. The lowest BCUT2D eigenvalue weighted by Crippen LogP contribution is -2.35. The van der Waals surface area contributed by atoms with Crippen molar-refractivity contribution in [1.82, 2.24) is 0 Å². The lowest BCUT2D eigenvalue weighted by Gasteiger charge is -2.29. The summed E-state index contributed by atoms with van der Waals surface area (Å²) in [7, 11) is 0. The van der Waals surface area contributed by atoms with Crippen molar-refractivity contribution < 1.29 is 9.18 Å². The van der Waals surface area contributed by atoms with Gasteiger partial charge >= 0.3 is 0 Å². The summed E-state index contributed by atoms with van der Waals surface area (Å²) in [5.74, 6) is -0.217. The summed E-state index contributed by atoms with van der Waals surface area (Å²) < 4.78 is 13.9. The maximum atomic E-state index is 13.5. The van der Waals surface area contributed by atoms with Gasteiger partial charge in [-0.1, -0.05) is 6.92 Å². The number of fused-ring (bicyclic) bond motifs is 1. The Hall–Kier alpha value is -0.900. The van der Waals surface area contributed by atoms with E-state index in [1.165, 1.54) is 6.07 Å². The molecule has 0 unspecified atom stereocenters. The van der Waals surface area contributed by atoms with Gasteiger partial charge in [0.15, 0.2) is 0 Å². The molecule has 0 radical (unpaired) electrons. The molecule has 0 spiro atoms. The van der Waals surface area contributed by atoms with Crippen LogP contribution in [0.25, 0.3) is 0 Å². The van der Waals surface area contributed by atoms with Crippen molar-refractivity contribution in [3.8, 4) is 0 Å². The van der Waals surface area contributed by atoms with Crippen LogP contribution in [-0.4, -0.2) is 12.5 Å². The molecule has 0 fully saturated rings. The average Bonchev–Trinajstić information content (AvgIpc) is 2.25. The molecule has 1 aromatic rings. The number of carbonyl (C=O) groups is 1. The lowest BCUT2D eigenvalue weighted by atomic mass is 10.0. The van der Waals surface area contributed by atoms with Crippen LogP contribution in [0.15, 0.2) is 16.6 Å². The van der Waals surface area contributed by atoms with E-state index in [9.17, 15) is 9.18 Å². The van der Waals surface area contributed by atoms with E-state index in [4.69, 9.17) is 0 Å². The number of amides is 1. The van der Waals surface area contributed by atoms with Gasteiger partial charge in [-0.2, -0.15) is 0 Å². The smallest absolute Gasteiger partial charge is 0.227 e. The number of nitrogens with zero attached hydrogens (tertiary/aromatic N) is 1. The minimum Gasteiger partial charge on any atom is -0.312 e. The standard InChI is InChI=1S/C12H13BrFNO/c1-2-5-15-11-7-10(14)9(13)6-8(11)3-4-12(15)16/h6-7H,2-5H2,1H3. The van der Waals surface area contributed by atoms with Crippen molar-refractivity contribution in [2.45, 2.75) is 26.2 Å². The molecule has 0 saturated heterocycles. The molecule has 1 aliphatic heterocycles. The molecule has 0 N–H and O–H groups in total. The molecule has 0 aliphatic carbocycles. The fourth-order valence-electron chi connectivity index (χ4n) is 2.01. The van der Waals surface area contributed by atoms with Crippen LogP contribution in [0.4, 0.5) is 10.1 Å². The quantitative estimate of drug-likeness (QED) is 0.817. The van der Waals surface area contributed by atoms with Gasteiger partial charge in [0.1, 0.15) is 5.82 Å². The molecule has 1 aliphatic rings. The molecule has 16 heavy (non-hydrogen) atoms. The number of hydrogen-bond donors (Lipinski definition) is 0. The Kier molecular flexibility index (Phi) is 3.28. The van der Waals surface area contributed by atoms with Crippen molar-refractivity contribution in [2.75, 3.05) is 11.4 Å². The Morgan fingerprint density at radius 1 is 1.44 bits per heavy atom. The number of halogens is 2. The first-order valence-corrected chi connectivity index (χ1v) is 6.21. The van der Waals surface area contributed by atoms with Crippen LogP contribution in [0.2, 0.25) is 0 Å². The third-order valence-corrected chi connectivity index (χ3v) is 3.38. The van der Waals surface area contributed by atoms with Gasteiger partial charge in [-0.15, -0.1) is 0 Å². The predicted octanol–water partition coefficient (Wildman–Crippen LogP) is 3.28. The number of benzene rings is 1. The number of hydrogen-bond acceptors (Lipinski definition) is 1. The molecule has 0 atom stereocenters. The summed E-state index contributed by atoms with van der Waals surface area (Å²) in [6.45, 7) is 2.67. The fourth-order valence-corrected chi connectivity index (χ4v) is 2.40. The van der Waals surface area contributed by atoms with Crippen molar-refractivity contribution in [2.24, 2.45) is 0 Å². The first-order chi connectivity index (χ1) is 7.63. The molecular formula is C12H13BrFNO. The number of aryl methyl sites for hydroxylation is 1. The number of anilines is 1. The van der Waals surface area contributed by atoms with Crippen LogP contribution in [0, 0.1) is 5.82 Å². The van der Waals surface area contributed by atoms with Gasteiger partial charge in [0.05, 0.1) is 4.47 Å². The molecule has 4 heteroatoms. The lowest BCUT2D eigenvalue weighted by molar-refractivity contribution is -0.118. The van der Waals surface area contributed by atoms with Crippen LogP contribution in [-0.2, 0) is 11.2 Å². The summed E-state index contributed by atoms with van der Waals surface area (Å²) >= 11 is 3.17. The Bertz CT molecular complexity index is 433. The molecule has 0 aromatic heterocycles. The highest BCUT2D eigenvalue weighted by molar-refractivity contribution is 9.10. The molecule has 0 saturated carbocycles. The van der Waals surface area contributed by atoms with E-state index in [1.807, 2.05) is 6.92 Å². The highest BCUT2D eigenvalue weighted by Crippen LogP contribution is 2.32. The Morgan fingerprint density at radius 3 is 2.88 bits per heavy atom. The van der Waals surface area contributed by atoms with Gasteiger partial charge in [-0.25, -0.2) is 4.39 Å². The second-order valence-corrected chi connectivity index (χ2v) is 4.79. The third kappa shape index (κ3) is 1.98. The highest BCUT2D eigenvalue weighted by atomic mass is 79.9. The first kappa shape index (κ1) is 11.6. The van der Waals surface area contributed by atoms with E-state index in [-0.39, 0.29) is 11.7 Å². The van der Waals surface area contributed by atoms with E-state index in [0.29, 0.717) is 23.9 Å². The SMILES string of the molecule is CCCN1C(=O)CCc2cc(Br)c(F)cc21. The average molecular weight is 286 g/mol. The van der Waals surface area contributed by atoms with Gasteiger partial charge in [0.25, 0.3) is 0 Å². The topological polar surface area (TPSA) is 20.3 Å². The van der Waals surface area contributed by atoms with E-state index < -0.39 is 0 Å². The van der Waals surface area contributed by atoms with Crippen molar-refractivity contribution in [3.05, 3.63) is 28.0 Å². The molecule has 1 aromatic carbocycles. The van der Waals surface area contributed by atoms with Crippen molar-refractivity contribution in [1.29, 1.82) is 0 Å². The molecule has 0 bridgehead atoms. The van der Waals surface area contributed by atoms with Gasteiger partial charge in [-0.05, 0) is 46.5 Å². The monoisotopic (exact) mass is 285 g/mol. The molecule has 1 amide bonds. The van der Waals surface area contributed by atoms with Crippen LogP contribution in [0.3, 0.4) is 0 Å². The normalized spacial score (nSPS) is 15.2. The van der Waals surface area contributed by atoms with Crippen LogP contribution >= 0.6 is 15.9 Å². The summed E-state index contributed by atoms with van der Waals surface area (Å²) in [6.07, 6.45) is 2.10. The van der Waals surface area contributed by atoms with Crippen LogP contribution in [0.5, 0.6) is 0 Å². The summed E-state index contributed by atoms with van der Waals surface area (Å²) in [5.41, 5.74) is 1.78. The van der Waals surface area contributed by atoms with E-state index in [0.717, 1.165) is 17.7 Å². The summed E-state index contributed by atoms with van der Waals surface area (Å²) in [5, 5.41) is 0. The van der Waals surface area contributed by atoms with Gasteiger partial charge < -0.3 is 4.90 Å². The van der Waals surface area contributed by atoms with Gasteiger partial charge in [0, 0.05) is 18.7 Å². The minimum atomic E-state index is -0.311. The maximum absolute atomic E-state index is 13.5. The molecule has 86 valence electrons. The van der Waals surface area contributed by atoms with Crippen LogP contribution < -0.4 is 4.90 Å². The first-order valence-electron chi connectivity index (χ1n) is 5.41.